The summed E-state index contributed by atoms with van der Waals surface area (Å²) in [5.74, 6) is -3.55. The minimum absolute atomic E-state index is 0.0413. The number of likely N-dealkylation sites (tertiary alicyclic amines) is 1. The van der Waals surface area contributed by atoms with Crippen LogP contribution in [0.4, 0.5) is 13.6 Å². The molecule has 1 aliphatic heterocycles. The number of aliphatic hydroxyl groups is 2. The third kappa shape index (κ3) is 3.23. The van der Waals surface area contributed by atoms with Crippen LogP contribution in [-0.4, -0.2) is 52.4 Å². The summed E-state index contributed by atoms with van der Waals surface area (Å²) < 4.78 is 31.6. The van der Waals surface area contributed by atoms with Gasteiger partial charge < -0.3 is 14.9 Å². The lowest BCUT2D eigenvalue weighted by Crippen LogP contribution is -2.60. The number of hydrogen-bond donors (Lipinski definition) is 2. The van der Waals surface area contributed by atoms with Crippen molar-refractivity contribution in [2.24, 2.45) is 0 Å². The summed E-state index contributed by atoms with van der Waals surface area (Å²) >= 11 is 0. The van der Waals surface area contributed by atoms with Gasteiger partial charge in [0.15, 0.2) is 0 Å². The monoisotopic (exact) mass is 287 g/mol. The number of rotatable bonds is 2. The van der Waals surface area contributed by atoms with Gasteiger partial charge in [0.2, 0.25) is 0 Å². The van der Waals surface area contributed by atoms with Crippen LogP contribution in [0.5, 0.6) is 0 Å². The maximum atomic E-state index is 13.4. The van der Waals surface area contributed by atoms with E-state index < -0.39 is 30.8 Å². The summed E-state index contributed by atoms with van der Waals surface area (Å²) in [6, 6.07) is 8.79. The summed E-state index contributed by atoms with van der Waals surface area (Å²) in [6.45, 7) is -1.40. The molecule has 1 fully saturated rings. The predicted molar refractivity (Wildman–Crippen MR) is 65.2 cm³/mol. The molecule has 5 nitrogen and oxygen atoms in total. The standard InChI is InChI=1S/C13H15F2NO4/c14-13(15)8-16(6-10(17)11(13)18)12(19)20-7-9-4-2-1-3-5-9/h1-5,10-11,17-18H,6-8H2. The highest BCUT2D eigenvalue weighted by Crippen LogP contribution is 2.28. The molecular weight excluding hydrogens is 272 g/mol. The zero-order valence-corrected chi connectivity index (χ0v) is 10.6. The van der Waals surface area contributed by atoms with E-state index in [0.717, 1.165) is 5.56 Å². The van der Waals surface area contributed by atoms with Gasteiger partial charge in [-0.3, -0.25) is 4.90 Å². The maximum Gasteiger partial charge on any atom is 0.410 e. The zero-order chi connectivity index (χ0) is 14.8. The molecule has 7 heteroatoms. The molecule has 0 spiro atoms. The molecule has 2 atom stereocenters. The fourth-order valence-corrected chi connectivity index (χ4v) is 1.97. The lowest BCUT2D eigenvalue weighted by molar-refractivity contribution is -0.188. The van der Waals surface area contributed by atoms with E-state index in [2.05, 4.69) is 0 Å². The predicted octanol–water partition coefficient (Wildman–Crippen LogP) is 0.996. The number of nitrogens with zero attached hydrogens (tertiary/aromatic N) is 1. The van der Waals surface area contributed by atoms with Crippen molar-refractivity contribution in [1.29, 1.82) is 0 Å². The summed E-state index contributed by atoms with van der Waals surface area (Å²) in [5.41, 5.74) is 0.727. The number of hydrogen-bond acceptors (Lipinski definition) is 4. The topological polar surface area (TPSA) is 70.0 Å². The molecule has 0 radical (unpaired) electrons. The molecule has 0 bridgehead atoms. The highest BCUT2D eigenvalue weighted by atomic mass is 19.3. The van der Waals surface area contributed by atoms with E-state index in [1.54, 1.807) is 30.3 Å². The van der Waals surface area contributed by atoms with Crippen LogP contribution in [0.3, 0.4) is 0 Å². The van der Waals surface area contributed by atoms with Crippen LogP contribution in [-0.2, 0) is 11.3 Å². The van der Waals surface area contributed by atoms with Gasteiger partial charge in [-0.05, 0) is 5.56 Å². The van der Waals surface area contributed by atoms with Crippen molar-refractivity contribution in [2.75, 3.05) is 13.1 Å². The smallest absolute Gasteiger partial charge is 0.410 e. The van der Waals surface area contributed by atoms with Crippen molar-refractivity contribution in [2.45, 2.75) is 24.7 Å². The minimum atomic E-state index is -3.55. The van der Waals surface area contributed by atoms with Crippen LogP contribution < -0.4 is 0 Å². The molecule has 1 amide bonds. The number of halogens is 2. The molecule has 0 aliphatic carbocycles. The molecule has 1 aromatic rings. The Morgan fingerprint density at radius 1 is 1.35 bits per heavy atom. The van der Waals surface area contributed by atoms with Crippen LogP contribution in [0.25, 0.3) is 0 Å². The summed E-state index contributed by atoms with van der Waals surface area (Å²) in [6.07, 6.45) is -4.80. The first-order chi connectivity index (χ1) is 9.40. The van der Waals surface area contributed by atoms with Gasteiger partial charge in [-0.2, -0.15) is 0 Å². The number of piperidine rings is 1. The molecule has 1 aliphatic rings. The Morgan fingerprint density at radius 3 is 2.60 bits per heavy atom. The Bertz CT molecular complexity index is 469. The van der Waals surface area contributed by atoms with Gasteiger partial charge in [-0.1, -0.05) is 30.3 Å². The van der Waals surface area contributed by atoms with E-state index in [0.29, 0.717) is 4.90 Å². The van der Waals surface area contributed by atoms with Crippen molar-refractivity contribution in [3.05, 3.63) is 35.9 Å². The third-order valence-corrected chi connectivity index (χ3v) is 3.07. The van der Waals surface area contributed by atoms with Crippen molar-refractivity contribution in [3.8, 4) is 0 Å². The number of carbonyl (C=O) groups excluding carboxylic acids is 1. The number of β-amino-alcohol motifs (C(OH)–C–C–N with tert-alkyl or cyclic N) is 1. The number of aliphatic hydroxyl groups excluding tert-OH is 2. The second kappa shape index (κ2) is 5.72. The van der Waals surface area contributed by atoms with Crippen molar-refractivity contribution in [1.82, 2.24) is 4.90 Å². The van der Waals surface area contributed by atoms with E-state index in [1.807, 2.05) is 0 Å². The number of benzene rings is 1. The normalized spacial score (nSPS) is 25.3. The third-order valence-electron chi connectivity index (χ3n) is 3.07. The molecular formula is C13H15F2NO4. The van der Waals surface area contributed by atoms with Gasteiger partial charge >= 0.3 is 6.09 Å². The van der Waals surface area contributed by atoms with Gasteiger partial charge in [-0.15, -0.1) is 0 Å². The molecule has 20 heavy (non-hydrogen) atoms. The number of carbonyl (C=O) groups is 1. The Kier molecular flexibility index (Phi) is 4.20. The van der Waals surface area contributed by atoms with Gasteiger partial charge in [0.25, 0.3) is 5.92 Å². The highest BCUT2D eigenvalue weighted by Gasteiger charge is 2.50. The highest BCUT2D eigenvalue weighted by molar-refractivity contribution is 5.68. The Morgan fingerprint density at radius 2 is 2.00 bits per heavy atom. The lowest BCUT2D eigenvalue weighted by atomic mass is 10.0. The average Bonchev–Trinajstić information content (AvgIpc) is 2.42. The SMILES string of the molecule is O=C(OCc1ccccc1)N1CC(O)C(O)C(F)(F)C1. The van der Waals surface area contributed by atoms with E-state index in [1.165, 1.54) is 0 Å². The molecule has 1 heterocycles. The first kappa shape index (κ1) is 14.7. The van der Waals surface area contributed by atoms with E-state index in [9.17, 15) is 18.7 Å². The first-order valence-electron chi connectivity index (χ1n) is 6.10. The fourth-order valence-electron chi connectivity index (χ4n) is 1.97. The largest absolute Gasteiger partial charge is 0.445 e. The van der Waals surface area contributed by atoms with Crippen molar-refractivity contribution >= 4 is 6.09 Å². The number of ether oxygens (including phenoxy) is 1. The van der Waals surface area contributed by atoms with Crippen molar-refractivity contribution < 1.29 is 28.5 Å². The van der Waals surface area contributed by atoms with Gasteiger partial charge in [0, 0.05) is 0 Å². The Hall–Kier alpha value is -1.73. The lowest BCUT2D eigenvalue weighted by Gasteiger charge is -2.38. The van der Waals surface area contributed by atoms with Crippen molar-refractivity contribution in [3.63, 3.8) is 0 Å². The van der Waals surface area contributed by atoms with E-state index in [4.69, 9.17) is 9.84 Å². The van der Waals surface area contributed by atoms with Crippen LogP contribution in [0, 0.1) is 0 Å². The molecule has 0 saturated carbocycles. The van der Waals surface area contributed by atoms with Crippen LogP contribution >= 0.6 is 0 Å². The maximum absolute atomic E-state index is 13.4. The van der Waals surface area contributed by atoms with E-state index in [-0.39, 0.29) is 13.2 Å². The van der Waals surface area contributed by atoms with Gasteiger partial charge in [-0.25, -0.2) is 13.6 Å². The first-order valence-corrected chi connectivity index (χ1v) is 6.10. The molecule has 1 aromatic carbocycles. The molecule has 2 unspecified atom stereocenters. The minimum Gasteiger partial charge on any atom is -0.445 e. The molecule has 110 valence electrons. The molecule has 1 saturated heterocycles. The molecule has 0 aromatic heterocycles. The summed E-state index contributed by atoms with van der Waals surface area (Å²) in [5, 5.41) is 18.5. The van der Waals surface area contributed by atoms with Crippen LogP contribution in [0.2, 0.25) is 0 Å². The zero-order valence-electron chi connectivity index (χ0n) is 10.6. The second-order valence-electron chi connectivity index (χ2n) is 4.69. The van der Waals surface area contributed by atoms with Crippen LogP contribution in [0.15, 0.2) is 30.3 Å². The summed E-state index contributed by atoms with van der Waals surface area (Å²) in [7, 11) is 0. The number of amides is 1. The molecule has 2 N–H and O–H groups in total. The second-order valence-corrected chi connectivity index (χ2v) is 4.69. The van der Waals surface area contributed by atoms with Gasteiger partial charge in [0.05, 0.1) is 13.1 Å². The van der Waals surface area contributed by atoms with E-state index >= 15 is 0 Å². The fraction of sp³-hybridized carbons (Fsp3) is 0.462. The van der Waals surface area contributed by atoms with Crippen LogP contribution in [0.1, 0.15) is 5.56 Å². The average molecular weight is 287 g/mol. The molecule has 2 rings (SSSR count). The summed E-state index contributed by atoms with van der Waals surface area (Å²) in [4.78, 5) is 12.4. The Labute approximate surface area is 114 Å². The quantitative estimate of drug-likeness (QED) is 0.851. The number of alkyl halides is 2. The van der Waals surface area contributed by atoms with Gasteiger partial charge in [0.1, 0.15) is 18.8 Å². The Balaban J connectivity index is 1.93.